The first-order chi connectivity index (χ1) is 11.5. The third-order valence-electron chi connectivity index (χ3n) is 3.50. The number of ether oxygens (including phenoxy) is 1. The van der Waals surface area contributed by atoms with Gasteiger partial charge in [0.1, 0.15) is 17.4 Å². The molecule has 0 saturated carbocycles. The number of hydrogen-bond acceptors (Lipinski definition) is 6. The van der Waals surface area contributed by atoms with Crippen LogP contribution in [0.5, 0.6) is 11.6 Å². The van der Waals surface area contributed by atoms with Crippen molar-refractivity contribution in [3.05, 3.63) is 45.7 Å². The molecule has 0 fully saturated rings. The standard InChI is InChI=1S/C17H18N4O3/c1-4-21-16(22)14(10-18)11(3)15(17(21)23)20-19-12-6-8-13(9-7-12)24-5-2/h6-9,22H,4-5H2,1-3H3. The summed E-state index contributed by atoms with van der Waals surface area (Å²) in [7, 11) is 0. The van der Waals surface area contributed by atoms with E-state index < -0.39 is 5.56 Å². The van der Waals surface area contributed by atoms with Crippen LogP contribution in [0, 0.1) is 18.3 Å². The van der Waals surface area contributed by atoms with Crippen LogP contribution in [-0.4, -0.2) is 16.3 Å². The lowest BCUT2D eigenvalue weighted by molar-refractivity contribution is 0.340. The topological polar surface area (TPSA) is 100.0 Å². The van der Waals surface area contributed by atoms with Crippen molar-refractivity contribution in [1.82, 2.24) is 4.57 Å². The van der Waals surface area contributed by atoms with Gasteiger partial charge in [-0.25, -0.2) is 0 Å². The van der Waals surface area contributed by atoms with Crippen LogP contribution in [0.1, 0.15) is 25.0 Å². The van der Waals surface area contributed by atoms with Crippen LogP contribution < -0.4 is 10.3 Å². The normalized spacial score (nSPS) is 10.8. The number of aromatic hydroxyl groups is 1. The molecule has 2 aromatic rings. The van der Waals surface area contributed by atoms with E-state index in [1.54, 1.807) is 38.1 Å². The molecular formula is C17H18N4O3. The van der Waals surface area contributed by atoms with Crippen LogP contribution in [0.2, 0.25) is 0 Å². The summed E-state index contributed by atoms with van der Waals surface area (Å²) in [5, 5.41) is 27.2. The molecule has 0 aliphatic heterocycles. The first kappa shape index (κ1) is 17.2. The number of nitrogens with zero attached hydrogens (tertiary/aromatic N) is 4. The molecule has 1 N–H and O–H groups in total. The summed E-state index contributed by atoms with van der Waals surface area (Å²) in [5.74, 6) is 0.375. The van der Waals surface area contributed by atoms with Crippen molar-refractivity contribution in [3.8, 4) is 17.7 Å². The van der Waals surface area contributed by atoms with Crippen LogP contribution in [0.3, 0.4) is 0 Å². The van der Waals surface area contributed by atoms with Crippen molar-refractivity contribution in [2.45, 2.75) is 27.3 Å². The molecule has 2 rings (SSSR count). The second kappa shape index (κ2) is 7.42. The number of pyridine rings is 1. The number of benzene rings is 1. The fourth-order valence-corrected chi connectivity index (χ4v) is 2.23. The second-order valence-electron chi connectivity index (χ2n) is 4.96. The Labute approximate surface area is 139 Å². The maximum atomic E-state index is 12.4. The lowest BCUT2D eigenvalue weighted by Crippen LogP contribution is -2.20. The number of hydrogen-bond donors (Lipinski definition) is 1. The molecule has 0 atom stereocenters. The van der Waals surface area contributed by atoms with Crippen molar-refractivity contribution in [2.75, 3.05) is 6.61 Å². The predicted molar refractivity (Wildman–Crippen MR) is 89.3 cm³/mol. The third-order valence-corrected chi connectivity index (χ3v) is 3.50. The molecule has 1 heterocycles. The fraction of sp³-hybridized carbons (Fsp3) is 0.294. The monoisotopic (exact) mass is 326 g/mol. The second-order valence-corrected chi connectivity index (χ2v) is 4.96. The molecule has 0 aliphatic carbocycles. The van der Waals surface area contributed by atoms with Crippen molar-refractivity contribution in [1.29, 1.82) is 5.26 Å². The smallest absolute Gasteiger partial charge is 0.281 e. The van der Waals surface area contributed by atoms with Gasteiger partial charge in [0.2, 0.25) is 5.88 Å². The Morgan fingerprint density at radius 2 is 1.92 bits per heavy atom. The number of azo groups is 1. The molecular weight excluding hydrogens is 308 g/mol. The van der Waals surface area contributed by atoms with E-state index in [0.29, 0.717) is 17.9 Å². The Kier molecular flexibility index (Phi) is 5.32. The maximum absolute atomic E-state index is 12.4. The number of rotatable bonds is 5. The molecule has 0 aliphatic rings. The Balaban J connectivity index is 2.46. The zero-order valence-electron chi connectivity index (χ0n) is 13.8. The molecule has 1 aromatic heterocycles. The lowest BCUT2D eigenvalue weighted by Gasteiger charge is -2.10. The van der Waals surface area contributed by atoms with Crippen molar-refractivity contribution in [2.24, 2.45) is 10.2 Å². The van der Waals surface area contributed by atoms with Gasteiger partial charge in [-0.3, -0.25) is 9.36 Å². The number of nitriles is 1. The molecule has 0 spiro atoms. The van der Waals surface area contributed by atoms with Crippen molar-refractivity contribution < 1.29 is 9.84 Å². The van der Waals surface area contributed by atoms with Crippen molar-refractivity contribution in [3.63, 3.8) is 0 Å². The number of aromatic nitrogens is 1. The Hall–Kier alpha value is -3.14. The molecule has 1 aromatic carbocycles. The zero-order chi connectivity index (χ0) is 17.7. The van der Waals surface area contributed by atoms with Gasteiger partial charge in [-0.1, -0.05) is 0 Å². The van der Waals surface area contributed by atoms with Crippen LogP contribution in [0.15, 0.2) is 39.3 Å². The van der Waals surface area contributed by atoms with Gasteiger partial charge in [-0.2, -0.15) is 10.4 Å². The minimum absolute atomic E-state index is 0.0251. The third kappa shape index (κ3) is 3.27. The summed E-state index contributed by atoms with van der Waals surface area (Å²) in [6, 6.07) is 8.84. The summed E-state index contributed by atoms with van der Waals surface area (Å²) in [4.78, 5) is 12.4. The summed E-state index contributed by atoms with van der Waals surface area (Å²) >= 11 is 0. The molecule has 0 bridgehead atoms. The highest BCUT2D eigenvalue weighted by Gasteiger charge is 2.18. The summed E-state index contributed by atoms with van der Waals surface area (Å²) < 4.78 is 6.44. The zero-order valence-corrected chi connectivity index (χ0v) is 13.8. The van der Waals surface area contributed by atoms with Gasteiger partial charge in [0.15, 0.2) is 5.69 Å². The van der Waals surface area contributed by atoms with Gasteiger partial charge in [0.25, 0.3) is 5.56 Å². The highest BCUT2D eigenvalue weighted by Crippen LogP contribution is 2.27. The average molecular weight is 326 g/mol. The lowest BCUT2D eigenvalue weighted by atomic mass is 10.1. The van der Waals surface area contributed by atoms with E-state index in [4.69, 9.17) is 4.74 Å². The first-order valence-electron chi connectivity index (χ1n) is 7.54. The van der Waals surface area contributed by atoms with Gasteiger partial charge in [0.05, 0.1) is 12.3 Å². The van der Waals surface area contributed by atoms with Gasteiger partial charge in [-0.05, 0) is 45.0 Å². The first-order valence-corrected chi connectivity index (χ1v) is 7.54. The molecule has 0 amide bonds. The largest absolute Gasteiger partial charge is 0.494 e. The van der Waals surface area contributed by atoms with Gasteiger partial charge >= 0.3 is 0 Å². The average Bonchev–Trinajstić information content (AvgIpc) is 2.57. The summed E-state index contributed by atoms with van der Waals surface area (Å²) in [5.41, 5.74) is 0.435. The van der Waals surface area contributed by atoms with E-state index in [1.165, 1.54) is 0 Å². The Morgan fingerprint density at radius 1 is 1.25 bits per heavy atom. The maximum Gasteiger partial charge on any atom is 0.281 e. The SMILES string of the molecule is CCOc1ccc(N=Nc2c(C)c(C#N)c(O)n(CC)c2=O)cc1. The minimum atomic E-state index is -0.485. The molecule has 124 valence electrons. The fourth-order valence-electron chi connectivity index (χ4n) is 2.23. The predicted octanol–water partition coefficient (Wildman–Crippen LogP) is 3.57. The van der Waals surface area contributed by atoms with E-state index in [2.05, 4.69) is 10.2 Å². The van der Waals surface area contributed by atoms with E-state index in [-0.39, 0.29) is 23.7 Å². The highest BCUT2D eigenvalue weighted by molar-refractivity contribution is 5.56. The molecule has 7 heteroatoms. The van der Waals surface area contributed by atoms with Crippen molar-refractivity contribution >= 4 is 11.4 Å². The highest BCUT2D eigenvalue weighted by atomic mass is 16.5. The minimum Gasteiger partial charge on any atom is -0.494 e. The molecule has 0 radical (unpaired) electrons. The van der Waals surface area contributed by atoms with E-state index in [1.807, 2.05) is 13.0 Å². The molecule has 0 saturated heterocycles. The van der Waals surface area contributed by atoms with E-state index >= 15 is 0 Å². The summed E-state index contributed by atoms with van der Waals surface area (Å²) in [6.07, 6.45) is 0. The quantitative estimate of drug-likeness (QED) is 0.849. The van der Waals surface area contributed by atoms with E-state index in [0.717, 1.165) is 10.3 Å². The van der Waals surface area contributed by atoms with Crippen LogP contribution in [0.4, 0.5) is 11.4 Å². The van der Waals surface area contributed by atoms with Crippen LogP contribution in [-0.2, 0) is 6.54 Å². The van der Waals surface area contributed by atoms with Gasteiger partial charge in [-0.15, -0.1) is 5.11 Å². The molecule has 7 nitrogen and oxygen atoms in total. The Morgan fingerprint density at radius 3 is 2.46 bits per heavy atom. The van der Waals surface area contributed by atoms with Crippen LogP contribution in [0.25, 0.3) is 0 Å². The summed E-state index contributed by atoms with van der Waals surface area (Å²) in [6.45, 7) is 5.95. The molecule has 0 unspecified atom stereocenters. The van der Waals surface area contributed by atoms with Gasteiger partial charge < -0.3 is 9.84 Å². The molecule has 24 heavy (non-hydrogen) atoms. The van der Waals surface area contributed by atoms with E-state index in [9.17, 15) is 15.2 Å². The Bertz CT molecular complexity index is 861. The van der Waals surface area contributed by atoms with Crippen LogP contribution >= 0.6 is 0 Å². The van der Waals surface area contributed by atoms with Gasteiger partial charge in [0, 0.05) is 12.1 Å².